The first-order valence-corrected chi connectivity index (χ1v) is 14.8. The number of nitriles is 1. The third kappa shape index (κ3) is 5.02. The van der Waals surface area contributed by atoms with Crippen LogP contribution in [0.2, 0.25) is 0 Å². The highest BCUT2D eigenvalue weighted by Gasteiger charge is 2.52. The van der Waals surface area contributed by atoms with Gasteiger partial charge in [0.2, 0.25) is 5.88 Å². The predicted molar refractivity (Wildman–Crippen MR) is 155 cm³/mol. The molecule has 2 aromatic carbocycles. The zero-order valence-corrected chi connectivity index (χ0v) is 23.7. The van der Waals surface area contributed by atoms with Gasteiger partial charge in [-0.15, -0.1) is 0 Å². The van der Waals surface area contributed by atoms with Gasteiger partial charge in [-0.3, -0.25) is 4.90 Å². The van der Waals surface area contributed by atoms with Gasteiger partial charge in [0.05, 0.1) is 47.4 Å². The van der Waals surface area contributed by atoms with E-state index in [4.69, 9.17) is 19.7 Å². The molecule has 7 rings (SSSR count). The lowest BCUT2D eigenvalue weighted by Crippen LogP contribution is -2.55. The molecule has 3 fully saturated rings. The minimum absolute atomic E-state index is 0.0406. The number of carboxylic acids is 1. The number of likely N-dealkylation sites (tertiary alicyclic amines) is 1. The molecule has 3 atom stereocenters. The number of hydrogen-bond donors (Lipinski definition) is 1. The van der Waals surface area contributed by atoms with Crippen molar-refractivity contribution in [3.05, 3.63) is 88.6 Å². The van der Waals surface area contributed by atoms with E-state index < -0.39 is 11.8 Å². The summed E-state index contributed by atoms with van der Waals surface area (Å²) in [5, 5.41) is 18.6. The lowest BCUT2D eigenvalue weighted by atomic mass is 9.53. The van der Waals surface area contributed by atoms with Gasteiger partial charge in [-0.1, -0.05) is 12.1 Å². The summed E-state index contributed by atoms with van der Waals surface area (Å²) in [6.07, 6.45) is 5.91. The molecule has 0 amide bonds. The number of aromatic carboxylic acids is 1. The number of halogens is 1. The van der Waals surface area contributed by atoms with Crippen LogP contribution in [0.5, 0.6) is 5.88 Å². The number of pyridine rings is 1. The van der Waals surface area contributed by atoms with Crippen LogP contribution in [0.25, 0.3) is 11.0 Å². The van der Waals surface area contributed by atoms with Gasteiger partial charge in [-0.2, -0.15) is 5.26 Å². The van der Waals surface area contributed by atoms with Gasteiger partial charge in [0.1, 0.15) is 18.2 Å². The molecular formula is C33H32FN5O4. The van der Waals surface area contributed by atoms with Crippen LogP contribution >= 0.6 is 0 Å². The predicted octanol–water partition coefficient (Wildman–Crippen LogP) is 5.06. The first-order valence-electron chi connectivity index (χ1n) is 14.8. The van der Waals surface area contributed by atoms with Crippen LogP contribution in [-0.4, -0.2) is 56.3 Å². The zero-order chi connectivity index (χ0) is 29.6. The number of fused-ring (bicyclic) bond motifs is 2. The Morgan fingerprint density at radius 2 is 2.09 bits per heavy atom. The summed E-state index contributed by atoms with van der Waals surface area (Å²) in [6, 6.07) is 15.5. The van der Waals surface area contributed by atoms with Crippen molar-refractivity contribution in [1.82, 2.24) is 19.4 Å². The number of carboxylic acid groups (broad SMARTS) is 1. The van der Waals surface area contributed by atoms with E-state index in [-0.39, 0.29) is 29.3 Å². The monoisotopic (exact) mass is 581 g/mol. The summed E-state index contributed by atoms with van der Waals surface area (Å²) in [5.74, 6) is 0.481. The summed E-state index contributed by atoms with van der Waals surface area (Å²) in [6.45, 7) is 3.90. The van der Waals surface area contributed by atoms with Crippen molar-refractivity contribution in [2.45, 2.75) is 56.9 Å². The average Bonchev–Trinajstić information content (AvgIpc) is 3.32. The number of imidazole rings is 1. The molecule has 4 heterocycles. The van der Waals surface area contributed by atoms with Gasteiger partial charge >= 0.3 is 5.97 Å². The first-order chi connectivity index (χ1) is 20.9. The maximum atomic E-state index is 14.5. The van der Waals surface area contributed by atoms with Gasteiger partial charge in [-0.25, -0.2) is 19.2 Å². The largest absolute Gasteiger partial charge is 0.478 e. The van der Waals surface area contributed by atoms with Crippen LogP contribution in [0.1, 0.15) is 58.6 Å². The van der Waals surface area contributed by atoms with E-state index in [1.165, 1.54) is 6.07 Å². The molecule has 3 aliphatic rings. The Labute approximate surface area is 248 Å². The van der Waals surface area contributed by atoms with E-state index in [2.05, 4.69) is 20.5 Å². The van der Waals surface area contributed by atoms with Crippen LogP contribution < -0.4 is 4.74 Å². The molecule has 0 radical (unpaired) electrons. The smallest absolute Gasteiger partial charge is 0.335 e. The van der Waals surface area contributed by atoms with Crippen molar-refractivity contribution in [3.63, 3.8) is 0 Å². The Morgan fingerprint density at radius 3 is 2.79 bits per heavy atom. The molecule has 2 aliphatic heterocycles. The van der Waals surface area contributed by atoms with Crippen LogP contribution in [0.3, 0.4) is 0 Å². The van der Waals surface area contributed by atoms with Crippen molar-refractivity contribution in [2.24, 2.45) is 5.92 Å². The average molecular weight is 582 g/mol. The Kier molecular flexibility index (Phi) is 7.07. The van der Waals surface area contributed by atoms with Gasteiger partial charge in [0, 0.05) is 35.9 Å². The molecular weight excluding hydrogens is 549 g/mol. The lowest BCUT2D eigenvalue weighted by Gasteiger charge is -2.56. The third-order valence-corrected chi connectivity index (χ3v) is 9.55. The molecule has 1 unspecified atom stereocenters. The molecule has 1 saturated carbocycles. The number of hydrogen-bond acceptors (Lipinski definition) is 7. The standard InChI is InChI=1S/C33H32FN5O4/c34-27-14-21(16-35)3-4-23(27)20-43-31-26(2-1-11-36-31)33-9-7-24(33)17-38(12-10-33)19-30-37-28-6-5-22(32(40)41)15-29(28)39(30)18-25-8-13-42-25/h1-6,11,14-15,24-25H,7-10,12-13,17-20H2,(H,40,41)/t24-,25?,33-/m0/s1. The quantitative estimate of drug-likeness (QED) is 0.292. The fourth-order valence-electron chi connectivity index (χ4n) is 6.91. The van der Waals surface area contributed by atoms with Crippen LogP contribution in [0.4, 0.5) is 4.39 Å². The number of aromatic nitrogens is 3. The van der Waals surface area contributed by atoms with Gasteiger partial charge in [0.15, 0.2) is 0 Å². The second kappa shape index (κ2) is 11.1. The molecule has 9 nitrogen and oxygen atoms in total. The fourth-order valence-corrected chi connectivity index (χ4v) is 6.91. The van der Waals surface area contributed by atoms with E-state index >= 15 is 0 Å². The minimum Gasteiger partial charge on any atom is -0.478 e. The van der Waals surface area contributed by atoms with E-state index in [0.717, 1.165) is 67.8 Å². The van der Waals surface area contributed by atoms with E-state index in [1.807, 2.05) is 12.1 Å². The fraction of sp³-hybridized carbons (Fsp3) is 0.394. The van der Waals surface area contributed by atoms with Gasteiger partial charge in [0.25, 0.3) is 0 Å². The second-order valence-corrected chi connectivity index (χ2v) is 11.9. The van der Waals surface area contributed by atoms with Crippen molar-refractivity contribution in [3.8, 4) is 11.9 Å². The Morgan fingerprint density at radius 1 is 1.21 bits per heavy atom. The molecule has 4 aromatic rings. The topological polar surface area (TPSA) is 114 Å². The van der Waals surface area contributed by atoms with Crippen LogP contribution in [-0.2, 0) is 29.8 Å². The number of rotatable bonds is 9. The number of piperidine rings is 1. The summed E-state index contributed by atoms with van der Waals surface area (Å²) in [7, 11) is 0. The Balaban J connectivity index is 1.09. The highest BCUT2D eigenvalue weighted by atomic mass is 19.1. The maximum Gasteiger partial charge on any atom is 0.335 e. The van der Waals surface area contributed by atoms with E-state index in [1.54, 1.807) is 36.5 Å². The summed E-state index contributed by atoms with van der Waals surface area (Å²) >= 11 is 0. The SMILES string of the molecule is N#Cc1ccc(COc2ncccc2[C@]23CC[C@H]2CN(Cc2nc4ccc(C(=O)O)cc4n2CC2CCO2)CC3)c(F)c1. The number of nitrogens with zero attached hydrogens (tertiary/aromatic N) is 5. The summed E-state index contributed by atoms with van der Waals surface area (Å²) < 4.78 is 28.5. The molecule has 1 N–H and O–H groups in total. The van der Waals surface area contributed by atoms with Crippen LogP contribution in [0, 0.1) is 23.1 Å². The summed E-state index contributed by atoms with van der Waals surface area (Å²) in [5.41, 5.74) is 3.58. The molecule has 220 valence electrons. The van der Waals surface area contributed by atoms with Crippen molar-refractivity contribution >= 4 is 17.0 Å². The van der Waals surface area contributed by atoms with E-state index in [9.17, 15) is 14.3 Å². The third-order valence-electron chi connectivity index (χ3n) is 9.55. The molecule has 0 spiro atoms. The summed E-state index contributed by atoms with van der Waals surface area (Å²) in [4.78, 5) is 23.6. The highest BCUT2D eigenvalue weighted by Crippen LogP contribution is 2.55. The normalized spacial score (nSPS) is 23.2. The molecule has 10 heteroatoms. The van der Waals surface area contributed by atoms with Gasteiger partial charge in [-0.05, 0) is 74.5 Å². The first kappa shape index (κ1) is 27.5. The molecule has 2 saturated heterocycles. The van der Waals surface area contributed by atoms with Gasteiger partial charge < -0.3 is 19.1 Å². The Hall–Kier alpha value is -4.33. The molecule has 1 aliphatic carbocycles. The highest BCUT2D eigenvalue weighted by molar-refractivity contribution is 5.92. The molecule has 43 heavy (non-hydrogen) atoms. The lowest BCUT2D eigenvalue weighted by molar-refractivity contribution is -0.0594. The van der Waals surface area contributed by atoms with Crippen molar-refractivity contribution in [2.75, 3.05) is 19.7 Å². The molecule has 2 aromatic heterocycles. The van der Waals surface area contributed by atoms with E-state index in [0.29, 0.717) is 30.5 Å². The van der Waals surface area contributed by atoms with Crippen molar-refractivity contribution in [1.29, 1.82) is 5.26 Å². The zero-order valence-electron chi connectivity index (χ0n) is 23.7. The number of ether oxygens (including phenoxy) is 2. The second-order valence-electron chi connectivity index (χ2n) is 11.9. The van der Waals surface area contributed by atoms with Crippen LogP contribution in [0.15, 0.2) is 54.7 Å². The molecule has 0 bridgehead atoms. The maximum absolute atomic E-state index is 14.5. The number of benzene rings is 2. The Bertz CT molecular complexity index is 1750. The number of carbonyl (C=O) groups is 1. The van der Waals surface area contributed by atoms with Crippen molar-refractivity contribution < 1.29 is 23.8 Å². The minimum atomic E-state index is -0.950.